The van der Waals surface area contributed by atoms with E-state index in [4.69, 9.17) is 45.6 Å². The Balaban J connectivity index is 0.000000161. The SMILES string of the molecule is COc1cnccc1-c1ncc(N2CCOCC2)cc1Nc1c(C)c(-c2ccccn2)nc2cc(F)cc(F)c12.COc1cnccc1B(O)O.Cc1c(-c2ccccn2)nc2cc(F)cc(F)c2c1Nc1cc(N2CCOCC2)cnc1Cl. The molecule has 0 atom stereocenters. The molecule has 10 aromatic rings. The number of nitrogens with one attached hydrogen (secondary N) is 2. The van der Waals surface area contributed by atoms with Crippen LogP contribution in [0.1, 0.15) is 11.1 Å². The number of benzene rings is 2. The van der Waals surface area contributed by atoms with Crippen LogP contribution in [0.3, 0.4) is 0 Å². The van der Waals surface area contributed by atoms with Gasteiger partial charge in [-0.2, -0.15) is 0 Å². The zero-order valence-corrected chi connectivity index (χ0v) is 46.6. The van der Waals surface area contributed by atoms with Gasteiger partial charge in [0.15, 0.2) is 5.15 Å². The molecular weight excluding hydrogens is 1110 g/mol. The Kier molecular flexibility index (Phi) is 18.3. The van der Waals surface area contributed by atoms with Gasteiger partial charge in [-0.25, -0.2) is 32.5 Å². The molecule has 24 heteroatoms. The maximum Gasteiger partial charge on any atom is 0.492 e. The predicted molar refractivity (Wildman–Crippen MR) is 316 cm³/mol. The van der Waals surface area contributed by atoms with Crippen molar-refractivity contribution in [2.24, 2.45) is 0 Å². The molecular formula is C60H54BClF4N12O6. The van der Waals surface area contributed by atoms with Gasteiger partial charge in [-0.1, -0.05) is 23.7 Å². The number of aromatic nitrogens is 8. The minimum atomic E-state index is -1.51. The highest BCUT2D eigenvalue weighted by Crippen LogP contribution is 2.42. The number of ether oxygens (including phenoxy) is 4. The Bertz CT molecular complexity index is 3970. The van der Waals surface area contributed by atoms with E-state index in [2.05, 4.69) is 55.3 Å². The molecule has 12 rings (SSSR count). The number of morpholine rings is 2. The van der Waals surface area contributed by atoms with E-state index in [1.807, 2.05) is 50.2 Å². The number of pyridine rings is 8. The van der Waals surface area contributed by atoms with Gasteiger partial charge in [0, 0.05) is 97.4 Å². The van der Waals surface area contributed by atoms with Crippen molar-refractivity contribution in [2.45, 2.75) is 13.8 Å². The van der Waals surface area contributed by atoms with Crippen LogP contribution in [-0.4, -0.2) is 124 Å². The van der Waals surface area contributed by atoms with Crippen molar-refractivity contribution < 1.29 is 46.6 Å². The molecule has 0 aliphatic carbocycles. The van der Waals surface area contributed by atoms with Crippen molar-refractivity contribution >= 4 is 80.1 Å². The van der Waals surface area contributed by atoms with Crippen molar-refractivity contribution in [1.82, 2.24) is 39.9 Å². The second-order valence-electron chi connectivity index (χ2n) is 19.1. The van der Waals surface area contributed by atoms with Crippen LogP contribution in [0.5, 0.6) is 11.5 Å². The maximum atomic E-state index is 15.4. The summed E-state index contributed by atoms with van der Waals surface area (Å²) in [6.07, 6.45) is 13.0. The second kappa shape index (κ2) is 26.4. The first-order valence-electron chi connectivity index (χ1n) is 26.4. The van der Waals surface area contributed by atoms with Crippen LogP contribution >= 0.6 is 11.6 Å². The Morgan fingerprint density at radius 3 is 1.54 bits per heavy atom. The number of hydrogen-bond donors (Lipinski definition) is 4. The van der Waals surface area contributed by atoms with E-state index in [1.165, 1.54) is 37.7 Å². The lowest BCUT2D eigenvalue weighted by atomic mass is 9.80. The molecule has 2 fully saturated rings. The lowest BCUT2D eigenvalue weighted by Crippen LogP contribution is -2.36. The fourth-order valence-corrected chi connectivity index (χ4v) is 9.84. The number of hydrogen-bond acceptors (Lipinski definition) is 18. The van der Waals surface area contributed by atoms with Crippen LogP contribution in [0.2, 0.25) is 5.15 Å². The fraction of sp³-hybridized carbons (Fsp3) is 0.200. The molecule has 4 N–H and O–H groups in total. The number of methoxy groups -OCH3 is 2. The van der Waals surface area contributed by atoms with Gasteiger partial charge in [0.1, 0.15) is 34.8 Å². The lowest BCUT2D eigenvalue weighted by Gasteiger charge is -2.29. The number of rotatable bonds is 12. The first-order chi connectivity index (χ1) is 40.8. The molecule has 0 amide bonds. The molecule has 2 aliphatic heterocycles. The molecule has 18 nitrogen and oxygen atoms in total. The average molecular weight is 1160 g/mol. The molecule has 2 aromatic carbocycles. The molecule has 10 heterocycles. The maximum absolute atomic E-state index is 15.4. The molecule has 0 unspecified atom stereocenters. The van der Waals surface area contributed by atoms with Crippen LogP contribution in [0, 0.1) is 37.1 Å². The van der Waals surface area contributed by atoms with Gasteiger partial charge in [-0.05, 0) is 62.4 Å². The van der Waals surface area contributed by atoms with E-state index in [0.717, 1.165) is 36.6 Å². The van der Waals surface area contributed by atoms with Gasteiger partial charge in [0.05, 0.1) is 150 Å². The summed E-state index contributed by atoms with van der Waals surface area (Å²) in [5.74, 6) is -1.94. The third-order valence-corrected chi connectivity index (χ3v) is 14.2. The first kappa shape index (κ1) is 58.1. The van der Waals surface area contributed by atoms with Crippen molar-refractivity contribution in [3.63, 3.8) is 0 Å². The summed E-state index contributed by atoms with van der Waals surface area (Å²) in [5, 5.41) is 24.8. The lowest BCUT2D eigenvalue weighted by molar-refractivity contribution is 0.122. The standard InChI is InChI=1S/C30H26F2N6O2.C24H20ClF2N5O.C6H8BNO3/c1-18-28(23-5-3-4-7-34-23)36-24-14-19(31)13-22(32)27(24)29(18)37-25-15-20(38-9-11-40-12-10-38)16-35-30(25)21-6-8-33-17-26(21)39-2;1-14-22(18-4-2-3-5-28-18)30-19-11-15(26)10-17(27)21(19)23(14)31-20-12-16(13-29-24(20)25)32-6-8-33-9-7-32;1-11-6-4-8-3-2-5(6)7(9)10/h3-8,13-17H,9-12H2,1-2H3,(H,36,37);2-5,10-13H,6-9H2,1H3,(H,30,31);2-4,9-10H,1H3. The largest absolute Gasteiger partial charge is 0.496 e. The Labute approximate surface area is 485 Å². The topological polar surface area (TPSA) is 211 Å². The monoisotopic (exact) mass is 1160 g/mol. The highest BCUT2D eigenvalue weighted by Gasteiger charge is 2.25. The van der Waals surface area contributed by atoms with Crippen LogP contribution in [-0.2, 0) is 9.47 Å². The van der Waals surface area contributed by atoms with Gasteiger partial charge in [-0.3, -0.25) is 24.9 Å². The number of anilines is 6. The predicted octanol–water partition coefficient (Wildman–Crippen LogP) is 10.2. The van der Waals surface area contributed by atoms with Crippen LogP contribution in [0.4, 0.5) is 51.7 Å². The van der Waals surface area contributed by atoms with Crippen LogP contribution in [0.25, 0.3) is 55.8 Å². The van der Waals surface area contributed by atoms with E-state index >= 15 is 4.39 Å². The zero-order valence-electron chi connectivity index (χ0n) is 45.8. The number of halogens is 5. The second-order valence-corrected chi connectivity index (χ2v) is 19.4. The van der Waals surface area contributed by atoms with Crippen molar-refractivity contribution in [1.29, 1.82) is 0 Å². The van der Waals surface area contributed by atoms with Crippen LogP contribution in [0.15, 0.2) is 135 Å². The third kappa shape index (κ3) is 12.9. The Hall–Kier alpha value is -9.13. The van der Waals surface area contributed by atoms with E-state index < -0.39 is 30.4 Å². The van der Waals surface area contributed by atoms with Gasteiger partial charge in [0.25, 0.3) is 0 Å². The molecule has 84 heavy (non-hydrogen) atoms. The molecule has 8 aromatic heterocycles. The summed E-state index contributed by atoms with van der Waals surface area (Å²) in [5.41, 5.74) is 9.23. The summed E-state index contributed by atoms with van der Waals surface area (Å²) >= 11 is 6.41. The minimum Gasteiger partial charge on any atom is -0.496 e. The summed E-state index contributed by atoms with van der Waals surface area (Å²) in [4.78, 5) is 39.3. The van der Waals surface area contributed by atoms with Gasteiger partial charge in [0.2, 0.25) is 0 Å². The zero-order chi connectivity index (χ0) is 58.9. The van der Waals surface area contributed by atoms with Gasteiger partial charge < -0.3 is 49.4 Å². The quantitative estimate of drug-likeness (QED) is 0.0509. The average Bonchev–Trinajstić information content (AvgIpc) is 2.78. The number of nitrogens with zero attached hydrogens (tertiary/aromatic N) is 10. The van der Waals surface area contributed by atoms with Crippen LogP contribution < -0.4 is 35.4 Å². The van der Waals surface area contributed by atoms with Gasteiger partial charge in [-0.15, -0.1) is 0 Å². The smallest absolute Gasteiger partial charge is 0.492 e. The highest BCUT2D eigenvalue weighted by atomic mass is 35.5. The summed E-state index contributed by atoms with van der Waals surface area (Å²) < 4.78 is 80.2. The molecule has 428 valence electrons. The summed E-state index contributed by atoms with van der Waals surface area (Å²) in [6, 6.07) is 22.2. The van der Waals surface area contributed by atoms with Gasteiger partial charge >= 0.3 is 7.12 Å². The fourth-order valence-electron chi connectivity index (χ4n) is 9.69. The van der Waals surface area contributed by atoms with E-state index in [0.29, 0.717) is 124 Å². The third-order valence-electron chi connectivity index (χ3n) is 13.9. The Morgan fingerprint density at radius 2 is 1.05 bits per heavy atom. The van der Waals surface area contributed by atoms with E-state index in [-0.39, 0.29) is 27.0 Å². The molecule has 0 bridgehead atoms. The van der Waals surface area contributed by atoms with Crippen molar-refractivity contribution in [3.05, 3.63) is 174 Å². The van der Waals surface area contributed by atoms with Crippen molar-refractivity contribution in [3.8, 4) is 45.5 Å². The van der Waals surface area contributed by atoms with E-state index in [1.54, 1.807) is 62.5 Å². The molecule has 0 spiro atoms. The number of fused-ring (bicyclic) bond motifs is 2. The van der Waals surface area contributed by atoms with Crippen molar-refractivity contribution in [2.75, 3.05) is 87.3 Å². The first-order valence-corrected chi connectivity index (χ1v) is 26.8. The minimum absolute atomic E-state index is 0.168. The Morgan fingerprint density at radius 1 is 0.560 bits per heavy atom. The summed E-state index contributed by atoms with van der Waals surface area (Å²) in [7, 11) is 1.51. The molecule has 2 saturated heterocycles. The molecule has 2 aliphatic rings. The summed E-state index contributed by atoms with van der Waals surface area (Å²) in [6.45, 7) is 9.04. The molecule has 0 radical (unpaired) electrons. The molecule has 0 saturated carbocycles. The van der Waals surface area contributed by atoms with E-state index in [9.17, 15) is 13.2 Å². The highest BCUT2D eigenvalue weighted by molar-refractivity contribution is 6.59. The normalized spacial score (nSPS) is 13.1.